The van der Waals surface area contributed by atoms with E-state index in [-0.39, 0.29) is 18.4 Å². The van der Waals surface area contributed by atoms with Crippen molar-refractivity contribution >= 4 is 27.7 Å². The van der Waals surface area contributed by atoms with Crippen LogP contribution in [-0.4, -0.2) is 35.9 Å². The molecule has 2 rings (SSSR count). The third-order valence-corrected chi connectivity index (χ3v) is 6.14. The van der Waals surface area contributed by atoms with Crippen LogP contribution in [0.25, 0.3) is 0 Å². The first-order valence-corrected chi connectivity index (χ1v) is 10.5. The van der Waals surface area contributed by atoms with Crippen molar-refractivity contribution < 1.29 is 14.3 Å². The number of nitrogens with zero attached hydrogens (tertiary/aromatic N) is 1. The van der Waals surface area contributed by atoms with Gasteiger partial charge in [0.2, 0.25) is 5.91 Å². The summed E-state index contributed by atoms with van der Waals surface area (Å²) in [4.78, 5) is 27.0. The third kappa shape index (κ3) is 6.07. The largest absolute Gasteiger partial charge is 0.484 e. The van der Waals surface area contributed by atoms with Crippen molar-refractivity contribution in [2.45, 2.75) is 47.2 Å². The number of hydrogen-bond donors (Lipinski definition) is 1. The first-order chi connectivity index (χ1) is 13.7. The van der Waals surface area contributed by atoms with Crippen molar-refractivity contribution in [3.63, 3.8) is 0 Å². The molecule has 0 aromatic heterocycles. The van der Waals surface area contributed by atoms with Crippen LogP contribution in [0.5, 0.6) is 5.75 Å². The van der Waals surface area contributed by atoms with E-state index in [1.807, 2.05) is 64.1 Å². The van der Waals surface area contributed by atoms with Crippen LogP contribution in [0.1, 0.15) is 36.1 Å². The van der Waals surface area contributed by atoms with Crippen LogP contribution in [0.3, 0.4) is 0 Å². The Balaban J connectivity index is 2.19. The molecule has 0 bridgehead atoms. The molecule has 2 aromatic carbocycles. The summed E-state index contributed by atoms with van der Waals surface area (Å²) in [6, 6.07) is 11.1. The van der Waals surface area contributed by atoms with Crippen molar-refractivity contribution in [2.75, 3.05) is 13.2 Å². The Morgan fingerprint density at radius 2 is 1.72 bits per heavy atom. The summed E-state index contributed by atoms with van der Waals surface area (Å²) in [7, 11) is 0. The molecule has 1 atom stereocenters. The Morgan fingerprint density at radius 1 is 1.10 bits per heavy atom. The molecule has 5 nitrogen and oxygen atoms in total. The lowest BCUT2D eigenvalue weighted by Gasteiger charge is -2.29. The van der Waals surface area contributed by atoms with E-state index in [0.717, 1.165) is 26.7 Å². The summed E-state index contributed by atoms with van der Waals surface area (Å²) in [5, 5.41) is 2.80. The van der Waals surface area contributed by atoms with E-state index in [0.29, 0.717) is 18.8 Å². The van der Waals surface area contributed by atoms with Gasteiger partial charge in [0, 0.05) is 17.6 Å². The average Bonchev–Trinajstić information content (AvgIpc) is 2.69. The Kier molecular flexibility index (Phi) is 8.26. The van der Waals surface area contributed by atoms with Gasteiger partial charge in [0.1, 0.15) is 11.8 Å². The van der Waals surface area contributed by atoms with Crippen LogP contribution in [0.4, 0.5) is 0 Å². The molecule has 0 saturated carbocycles. The number of aryl methyl sites for hydroxylation is 3. The maximum Gasteiger partial charge on any atom is 0.261 e. The van der Waals surface area contributed by atoms with Gasteiger partial charge < -0.3 is 15.0 Å². The van der Waals surface area contributed by atoms with Crippen LogP contribution in [-0.2, 0) is 16.1 Å². The first-order valence-electron chi connectivity index (χ1n) is 9.75. The lowest BCUT2D eigenvalue weighted by Crippen LogP contribution is -2.49. The SMILES string of the molecule is CCNC(=O)C(C)N(Cc1ccccc1C)C(=O)COc1cc(C)c(Br)c(C)c1. The second-order valence-electron chi connectivity index (χ2n) is 7.18. The van der Waals surface area contributed by atoms with Crippen LogP contribution in [0, 0.1) is 20.8 Å². The number of nitrogens with one attached hydrogen (secondary N) is 1. The van der Waals surface area contributed by atoms with Crippen molar-refractivity contribution in [2.24, 2.45) is 0 Å². The summed E-state index contributed by atoms with van der Waals surface area (Å²) in [6.45, 7) is 10.3. The molecule has 0 radical (unpaired) electrons. The summed E-state index contributed by atoms with van der Waals surface area (Å²) in [6.07, 6.45) is 0. The van der Waals surface area contributed by atoms with Gasteiger partial charge in [-0.05, 0) is 69.0 Å². The van der Waals surface area contributed by atoms with E-state index in [1.54, 1.807) is 11.8 Å². The number of benzene rings is 2. The topological polar surface area (TPSA) is 58.6 Å². The lowest BCUT2D eigenvalue weighted by atomic mass is 10.1. The predicted molar refractivity (Wildman–Crippen MR) is 119 cm³/mol. The molecular formula is C23H29BrN2O3. The number of likely N-dealkylation sites (N-methyl/N-ethyl adjacent to an activating group) is 1. The first kappa shape index (κ1) is 22.9. The van der Waals surface area contributed by atoms with Gasteiger partial charge in [0.15, 0.2) is 6.61 Å². The Hall–Kier alpha value is -2.34. The van der Waals surface area contributed by atoms with E-state index in [9.17, 15) is 9.59 Å². The molecule has 0 aliphatic rings. The Bertz CT molecular complexity index is 859. The number of carbonyl (C=O) groups is 2. The molecule has 29 heavy (non-hydrogen) atoms. The summed E-state index contributed by atoms with van der Waals surface area (Å²) < 4.78 is 6.81. The molecule has 1 unspecified atom stereocenters. The molecule has 156 valence electrons. The zero-order valence-electron chi connectivity index (χ0n) is 17.7. The Labute approximate surface area is 181 Å². The fourth-order valence-electron chi connectivity index (χ4n) is 3.09. The molecule has 0 fully saturated rings. The van der Waals surface area contributed by atoms with Gasteiger partial charge in [-0.15, -0.1) is 0 Å². The highest BCUT2D eigenvalue weighted by molar-refractivity contribution is 9.10. The van der Waals surface area contributed by atoms with Gasteiger partial charge >= 0.3 is 0 Å². The molecule has 0 spiro atoms. The fourth-order valence-corrected chi connectivity index (χ4v) is 3.32. The second kappa shape index (κ2) is 10.4. The summed E-state index contributed by atoms with van der Waals surface area (Å²) in [5.41, 5.74) is 4.17. The van der Waals surface area contributed by atoms with Crippen LogP contribution in [0.15, 0.2) is 40.9 Å². The Morgan fingerprint density at radius 3 is 2.31 bits per heavy atom. The quantitative estimate of drug-likeness (QED) is 0.638. The maximum absolute atomic E-state index is 13.0. The summed E-state index contributed by atoms with van der Waals surface area (Å²) in [5.74, 6) is 0.230. The van der Waals surface area contributed by atoms with Gasteiger partial charge in [-0.3, -0.25) is 9.59 Å². The van der Waals surface area contributed by atoms with E-state index in [4.69, 9.17) is 4.74 Å². The van der Waals surface area contributed by atoms with Gasteiger partial charge in [-0.25, -0.2) is 0 Å². The number of hydrogen-bond acceptors (Lipinski definition) is 3. The molecule has 0 heterocycles. The standard InChI is InChI=1S/C23H29BrN2O3/c1-6-25-23(28)18(5)26(13-19-10-8-7-9-15(19)2)21(27)14-29-20-11-16(3)22(24)17(4)12-20/h7-12,18H,6,13-14H2,1-5H3,(H,25,28). The fraction of sp³-hybridized carbons (Fsp3) is 0.391. The molecular weight excluding hydrogens is 432 g/mol. The van der Waals surface area contributed by atoms with Crippen molar-refractivity contribution in [1.82, 2.24) is 10.2 Å². The molecule has 1 N–H and O–H groups in total. The number of ether oxygens (including phenoxy) is 1. The van der Waals surface area contributed by atoms with Gasteiger partial charge in [-0.1, -0.05) is 40.2 Å². The van der Waals surface area contributed by atoms with E-state index in [2.05, 4.69) is 21.2 Å². The smallest absolute Gasteiger partial charge is 0.261 e. The minimum atomic E-state index is -0.598. The van der Waals surface area contributed by atoms with Gasteiger partial charge in [0.05, 0.1) is 0 Å². The number of amides is 2. The number of rotatable bonds is 8. The molecule has 0 aliphatic heterocycles. The monoisotopic (exact) mass is 460 g/mol. The highest BCUT2D eigenvalue weighted by atomic mass is 79.9. The van der Waals surface area contributed by atoms with Crippen LogP contribution >= 0.6 is 15.9 Å². The second-order valence-corrected chi connectivity index (χ2v) is 7.97. The van der Waals surface area contributed by atoms with Crippen molar-refractivity contribution in [1.29, 1.82) is 0 Å². The number of halogens is 1. The lowest BCUT2D eigenvalue weighted by molar-refractivity contribution is -0.142. The minimum Gasteiger partial charge on any atom is -0.484 e. The van der Waals surface area contributed by atoms with Gasteiger partial charge in [0.25, 0.3) is 5.91 Å². The molecule has 0 saturated heterocycles. The van der Waals surface area contributed by atoms with E-state index in [1.165, 1.54) is 0 Å². The maximum atomic E-state index is 13.0. The molecule has 2 aromatic rings. The van der Waals surface area contributed by atoms with E-state index < -0.39 is 6.04 Å². The third-order valence-electron chi connectivity index (χ3n) is 4.89. The molecule has 0 aliphatic carbocycles. The van der Waals surface area contributed by atoms with Crippen LogP contribution in [0.2, 0.25) is 0 Å². The average molecular weight is 461 g/mol. The van der Waals surface area contributed by atoms with Crippen molar-refractivity contribution in [3.05, 3.63) is 63.1 Å². The van der Waals surface area contributed by atoms with Crippen molar-refractivity contribution in [3.8, 4) is 5.75 Å². The normalized spacial score (nSPS) is 11.7. The minimum absolute atomic E-state index is 0.129. The zero-order chi connectivity index (χ0) is 21.6. The highest BCUT2D eigenvalue weighted by Crippen LogP contribution is 2.26. The predicted octanol–water partition coefficient (Wildman–Crippen LogP) is 4.31. The molecule has 6 heteroatoms. The highest BCUT2D eigenvalue weighted by Gasteiger charge is 2.26. The van der Waals surface area contributed by atoms with Crippen LogP contribution < -0.4 is 10.1 Å². The van der Waals surface area contributed by atoms with Gasteiger partial charge in [-0.2, -0.15) is 0 Å². The molecule has 2 amide bonds. The summed E-state index contributed by atoms with van der Waals surface area (Å²) >= 11 is 3.53. The zero-order valence-corrected chi connectivity index (χ0v) is 19.3. The number of carbonyl (C=O) groups excluding carboxylic acids is 2. The van der Waals surface area contributed by atoms with E-state index >= 15 is 0 Å².